The number of halogens is 2. The van der Waals surface area contributed by atoms with Crippen molar-refractivity contribution >= 4 is 5.91 Å². The molecule has 138 valence electrons. The summed E-state index contributed by atoms with van der Waals surface area (Å²) in [6.07, 6.45) is 0.412. The van der Waals surface area contributed by atoms with Gasteiger partial charge in [-0.2, -0.15) is 8.78 Å². The molecule has 1 aromatic rings. The highest BCUT2D eigenvalue weighted by Crippen LogP contribution is 2.44. The van der Waals surface area contributed by atoms with Gasteiger partial charge in [-0.15, -0.1) is 0 Å². The normalized spacial score (nSPS) is 22.0. The summed E-state index contributed by atoms with van der Waals surface area (Å²) in [7, 11) is 0. The lowest BCUT2D eigenvalue weighted by Gasteiger charge is -2.42. The second kappa shape index (κ2) is 7.35. The number of hydrogen-bond donors (Lipinski definition) is 2. The van der Waals surface area contributed by atoms with Crippen LogP contribution in [0.4, 0.5) is 8.78 Å². The molecule has 2 N–H and O–H groups in total. The van der Waals surface area contributed by atoms with E-state index in [1.807, 2.05) is 30.3 Å². The van der Waals surface area contributed by atoms with Crippen molar-refractivity contribution in [1.82, 2.24) is 10.2 Å². The van der Waals surface area contributed by atoms with Gasteiger partial charge in [-0.3, -0.25) is 9.69 Å². The van der Waals surface area contributed by atoms with Crippen LogP contribution in [0.25, 0.3) is 0 Å². The molecule has 2 fully saturated rings. The Morgan fingerprint density at radius 1 is 1.28 bits per heavy atom. The van der Waals surface area contributed by atoms with E-state index in [-0.39, 0.29) is 12.8 Å². The first-order chi connectivity index (χ1) is 11.9. The minimum Gasteiger partial charge on any atom is -0.383 e. The zero-order chi connectivity index (χ0) is 17.9. The van der Waals surface area contributed by atoms with Gasteiger partial charge in [0.15, 0.2) is 0 Å². The molecule has 1 aliphatic carbocycles. The summed E-state index contributed by atoms with van der Waals surface area (Å²) in [6, 6.07) is 8.50. The van der Waals surface area contributed by atoms with Crippen molar-refractivity contribution in [3.05, 3.63) is 35.9 Å². The number of nitrogens with one attached hydrogen (secondary N) is 1. The Hall–Kier alpha value is -1.57. The van der Waals surface area contributed by atoms with Crippen LogP contribution in [0.5, 0.6) is 0 Å². The highest BCUT2D eigenvalue weighted by molar-refractivity contribution is 5.85. The lowest BCUT2D eigenvalue weighted by molar-refractivity contribution is -0.216. The molecule has 1 heterocycles. The van der Waals surface area contributed by atoms with E-state index >= 15 is 0 Å². The molecule has 3 rings (SSSR count). The average Bonchev–Trinajstić information content (AvgIpc) is 2.60. The van der Waals surface area contributed by atoms with E-state index in [2.05, 4.69) is 10.2 Å². The Morgan fingerprint density at radius 2 is 1.92 bits per heavy atom. The van der Waals surface area contributed by atoms with Gasteiger partial charge in [0.25, 0.3) is 5.91 Å². The number of aliphatic hydroxyl groups is 1. The van der Waals surface area contributed by atoms with E-state index in [0.717, 1.165) is 5.56 Å². The van der Waals surface area contributed by atoms with E-state index in [9.17, 15) is 18.7 Å². The van der Waals surface area contributed by atoms with Crippen molar-refractivity contribution in [1.29, 1.82) is 0 Å². The highest BCUT2D eigenvalue weighted by Gasteiger charge is 2.61. The monoisotopic (exact) mass is 354 g/mol. The third-order valence-electron chi connectivity index (χ3n) is 5.10. The van der Waals surface area contributed by atoms with E-state index < -0.39 is 23.5 Å². The maximum absolute atomic E-state index is 14.4. The van der Waals surface area contributed by atoms with Gasteiger partial charge in [0.2, 0.25) is 0 Å². The van der Waals surface area contributed by atoms with Crippen LogP contribution in [0.2, 0.25) is 0 Å². The van der Waals surface area contributed by atoms with E-state index in [0.29, 0.717) is 39.3 Å². The first kappa shape index (κ1) is 18.2. The third-order valence-corrected chi connectivity index (χ3v) is 5.10. The van der Waals surface area contributed by atoms with Crippen molar-refractivity contribution in [3.8, 4) is 0 Å². The number of morpholine rings is 1. The first-order valence-corrected chi connectivity index (χ1v) is 8.69. The van der Waals surface area contributed by atoms with Crippen LogP contribution < -0.4 is 5.32 Å². The van der Waals surface area contributed by atoms with Crippen molar-refractivity contribution in [2.24, 2.45) is 0 Å². The number of hydrogen-bond acceptors (Lipinski definition) is 4. The molecule has 0 radical (unpaired) electrons. The molecule has 1 saturated carbocycles. The number of amides is 1. The van der Waals surface area contributed by atoms with Crippen LogP contribution in [-0.4, -0.2) is 60.3 Å². The number of ether oxygens (including phenoxy) is 1. The van der Waals surface area contributed by atoms with Gasteiger partial charge in [-0.1, -0.05) is 30.3 Å². The second-order valence-electron chi connectivity index (χ2n) is 6.81. The molecular formula is C18H24F2N2O3. The molecule has 0 aromatic heterocycles. The maximum Gasteiger partial charge on any atom is 0.352 e. The van der Waals surface area contributed by atoms with Gasteiger partial charge in [0.1, 0.15) is 5.60 Å². The maximum atomic E-state index is 14.4. The minimum atomic E-state index is -3.79. The van der Waals surface area contributed by atoms with Crippen molar-refractivity contribution in [3.63, 3.8) is 0 Å². The number of nitrogens with zero attached hydrogens (tertiary/aromatic N) is 1. The molecule has 0 spiro atoms. The molecule has 5 nitrogen and oxygen atoms in total. The molecule has 1 saturated heterocycles. The lowest BCUT2D eigenvalue weighted by atomic mass is 9.75. The third kappa shape index (κ3) is 3.83. The second-order valence-corrected chi connectivity index (χ2v) is 6.81. The fourth-order valence-corrected chi connectivity index (χ4v) is 3.25. The predicted molar refractivity (Wildman–Crippen MR) is 88.3 cm³/mol. The Morgan fingerprint density at radius 3 is 2.48 bits per heavy atom. The Balaban J connectivity index is 1.73. The van der Waals surface area contributed by atoms with Gasteiger partial charge < -0.3 is 15.2 Å². The van der Waals surface area contributed by atoms with Crippen LogP contribution in [0.1, 0.15) is 30.9 Å². The van der Waals surface area contributed by atoms with Gasteiger partial charge in [0.05, 0.1) is 19.3 Å². The van der Waals surface area contributed by atoms with E-state index in [4.69, 9.17) is 4.74 Å². The fraction of sp³-hybridized carbons (Fsp3) is 0.611. The molecule has 7 heteroatoms. The quantitative estimate of drug-likeness (QED) is 0.817. The van der Waals surface area contributed by atoms with Gasteiger partial charge in [-0.05, 0) is 24.8 Å². The number of rotatable bonds is 6. The summed E-state index contributed by atoms with van der Waals surface area (Å²) < 4.78 is 34.1. The summed E-state index contributed by atoms with van der Waals surface area (Å²) in [5, 5.41) is 12.4. The Labute approximate surface area is 146 Å². The lowest BCUT2D eigenvalue weighted by Crippen LogP contribution is -2.61. The molecule has 2 aliphatic rings. The van der Waals surface area contributed by atoms with Gasteiger partial charge in [0, 0.05) is 19.6 Å². The Kier molecular flexibility index (Phi) is 5.36. The fourth-order valence-electron chi connectivity index (χ4n) is 3.25. The molecule has 0 unspecified atom stereocenters. The van der Waals surface area contributed by atoms with Crippen LogP contribution >= 0.6 is 0 Å². The van der Waals surface area contributed by atoms with Crippen molar-refractivity contribution in [2.45, 2.75) is 36.8 Å². The molecule has 0 bridgehead atoms. The molecule has 1 aliphatic heterocycles. The molecular weight excluding hydrogens is 330 g/mol. The molecule has 1 aromatic carbocycles. The van der Waals surface area contributed by atoms with Crippen LogP contribution in [0.15, 0.2) is 30.3 Å². The highest BCUT2D eigenvalue weighted by atomic mass is 19.3. The average molecular weight is 354 g/mol. The molecule has 1 atom stereocenters. The van der Waals surface area contributed by atoms with Crippen molar-refractivity contribution < 1.29 is 23.4 Å². The topological polar surface area (TPSA) is 61.8 Å². The van der Waals surface area contributed by atoms with E-state index in [1.54, 1.807) is 0 Å². The predicted octanol–water partition coefficient (Wildman–Crippen LogP) is 1.73. The number of benzene rings is 1. The number of alkyl halides is 2. The Bertz CT molecular complexity index is 587. The first-order valence-electron chi connectivity index (χ1n) is 8.69. The van der Waals surface area contributed by atoms with Crippen LogP contribution in [0.3, 0.4) is 0 Å². The van der Waals surface area contributed by atoms with Crippen LogP contribution in [-0.2, 0) is 9.53 Å². The van der Waals surface area contributed by atoms with Gasteiger partial charge >= 0.3 is 5.92 Å². The van der Waals surface area contributed by atoms with Gasteiger partial charge in [-0.25, -0.2) is 0 Å². The summed E-state index contributed by atoms with van der Waals surface area (Å²) in [6.45, 7) is 2.99. The van der Waals surface area contributed by atoms with Crippen LogP contribution in [0, 0.1) is 0 Å². The molecule has 25 heavy (non-hydrogen) atoms. The zero-order valence-electron chi connectivity index (χ0n) is 14.1. The van der Waals surface area contributed by atoms with Crippen molar-refractivity contribution in [2.75, 3.05) is 32.8 Å². The number of carbonyl (C=O) groups excluding carboxylic acids is 1. The summed E-state index contributed by atoms with van der Waals surface area (Å²) in [5.74, 6) is -5.19. The standard InChI is InChI=1S/C18H24F2N2O3/c19-18(20,17(24)7-4-8-17)16(23)21-15(14-5-2-1-3-6-14)13-22-9-11-25-12-10-22/h1-3,5-6,15,24H,4,7-13H2,(H,21,23)/t15-/m1/s1. The van der Waals surface area contributed by atoms with E-state index in [1.165, 1.54) is 0 Å². The summed E-state index contributed by atoms with van der Waals surface area (Å²) >= 11 is 0. The zero-order valence-corrected chi connectivity index (χ0v) is 14.1. The minimum absolute atomic E-state index is 0.0487. The number of carbonyl (C=O) groups is 1. The largest absolute Gasteiger partial charge is 0.383 e. The SMILES string of the molecule is O=C(N[C@H](CN1CCOCC1)c1ccccc1)C(F)(F)C1(O)CCC1. The molecule has 1 amide bonds. The summed E-state index contributed by atoms with van der Waals surface area (Å²) in [4.78, 5) is 14.3. The summed E-state index contributed by atoms with van der Waals surface area (Å²) in [5.41, 5.74) is -1.45. The smallest absolute Gasteiger partial charge is 0.352 e.